The van der Waals surface area contributed by atoms with Gasteiger partial charge in [-0.05, 0) is 55.7 Å². The lowest BCUT2D eigenvalue weighted by atomic mass is 9.85. The van der Waals surface area contributed by atoms with Crippen molar-refractivity contribution in [3.63, 3.8) is 0 Å². The third kappa shape index (κ3) is 3.26. The van der Waals surface area contributed by atoms with Gasteiger partial charge >= 0.3 is 4.87 Å². The van der Waals surface area contributed by atoms with Crippen molar-refractivity contribution in [1.82, 2.24) is 9.47 Å². The van der Waals surface area contributed by atoms with Gasteiger partial charge in [0.05, 0.1) is 10.2 Å². The van der Waals surface area contributed by atoms with E-state index in [2.05, 4.69) is 41.3 Å². The number of nitrogens with zero attached hydrogens (tertiary/aromatic N) is 2. The first-order valence-electron chi connectivity index (χ1n) is 10.2. The maximum absolute atomic E-state index is 12.3. The molecular weight excluding hydrogens is 352 g/mol. The number of aryl methyl sites for hydroxylation is 1. The second-order valence-electron chi connectivity index (χ2n) is 8.04. The number of hydrogen-bond donors (Lipinski definition) is 0. The first kappa shape index (κ1) is 17.2. The minimum Gasteiger partial charge on any atom is -0.299 e. The summed E-state index contributed by atoms with van der Waals surface area (Å²) in [5, 5.41) is 0. The molecule has 4 heteroatoms. The number of para-hydroxylation sites is 1. The van der Waals surface area contributed by atoms with Crippen LogP contribution in [0.5, 0.6) is 0 Å². The SMILES string of the molecule is O=c1sc2ccccc2n1CCCN1C2CCC1CC(c1ccccc1)C2. The lowest BCUT2D eigenvalue weighted by Crippen LogP contribution is -2.43. The van der Waals surface area contributed by atoms with E-state index >= 15 is 0 Å². The highest BCUT2D eigenvalue weighted by atomic mass is 32.1. The normalized spacial score (nSPS) is 25.3. The Labute approximate surface area is 164 Å². The molecule has 5 rings (SSSR count). The highest BCUT2D eigenvalue weighted by Crippen LogP contribution is 2.42. The minimum absolute atomic E-state index is 0.182. The Balaban J connectivity index is 1.24. The molecule has 2 bridgehead atoms. The molecular formula is C23H26N2OS. The van der Waals surface area contributed by atoms with E-state index in [-0.39, 0.29) is 4.87 Å². The Bertz CT molecular complexity index is 963. The molecule has 140 valence electrons. The number of fused-ring (bicyclic) bond motifs is 3. The Morgan fingerprint density at radius 2 is 1.59 bits per heavy atom. The second-order valence-corrected chi connectivity index (χ2v) is 9.04. The van der Waals surface area contributed by atoms with Gasteiger partial charge in [-0.25, -0.2) is 0 Å². The zero-order chi connectivity index (χ0) is 18.2. The molecule has 3 heterocycles. The highest BCUT2D eigenvalue weighted by Gasteiger charge is 2.40. The number of piperidine rings is 1. The van der Waals surface area contributed by atoms with Gasteiger partial charge < -0.3 is 0 Å². The standard InChI is InChI=1S/C23H26N2OS/c26-23-25(21-9-4-5-10-22(21)27-23)14-6-13-24-19-11-12-20(24)16-18(15-19)17-7-2-1-3-8-17/h1-5,7-10,18-20H,6,11-16H2. The van der Waals surface area contributed by atoms with Gasteiger partial charge in [0.2, 0.25) is 0 Å². The molecule has 2 aliphatic heterocycles. The molecule has 2 unspecified atom stereocenters. The van der Waals surface area contributed by atoms with Gasteiger partial charge in [0.15, 0.2) is 0 Å². The van der Waals surface area contributed by atoms with Crippen molar-refractivity contribution in [3.8, 4) is 0 Å². The lowest BCUT2D eigenvalue weighted by Gasteiger charge is -2.39. The Morgan fingerprint density at radius 3 is 2.37 bits per heavy atom. The van der Waals surface area contributed by atoms with Crippen molar-refractivity contribution in [3.05, 3.63) is 69.8 Å². The summed E-state index contributed by atoms with van der Waals surface area (Å²) in [4.78, 5) is 15.3. The Kier molecular flexibility index (Phi) is 4.62. The predicted molar refractivity (Wildman–Crippen MR) is 113 cm³/mol. The molecule has 0 amide bonds. The Morgan fingerprint density at radius 1 is 0.889 bits per heavy atom. The fourth-order valence-corrected chi connectivity index (χ4v) is 6.19. The van der Waals surface area contributed by atoms with Crippen molar-refractivity contribution in [1.29, 1.82) is 0 Å². The van der Waals surface area contributed by atoms with Crippen LogP contribution in [0.15, 0.2) is 59.4 Å². The van der Waals surface area contributed by atoms with Crippen molar-refractivity contribution < 1.29 is 0 Å². The first-order valence-corrected chi connectivity index (χ1v) is 11.0. The largest absolute Gasteiger partial charge is 0.308 e. The van der Waals surface area contributed by atoms with Crippen molar-refractivity contribution in [2.75, 3.05) is 6.54 Å². The van der Waals surface area contributed by atoms with Gasteiger partial charge in [-0.15, -0.1) is 0 Å². The van der Waals surface area contributed by atoms with Crippen molar-refractivity contribution >= 4 is 21.6 Å². The predicted octanol–water partition coefficient (Wildman–Crippen LogP) is 4.86. The smallest absolute Gasteiger partial charge is 0.299 e. The summed E-state index contributed by atoms with van der Waals surface area (Å²) in [6.07, 6.45) is 6.33. The molecule has 0 N–H and O–H groups in total. The number of thiazole rings is 1. The van der Waals surface area contributed by atoms with Crippen molar-refractivity contribution in [2.45, 2.75) is 56.7 Å². The molecule has 0 spiro atoms. The molecule has 2 aromatic carbocycles. The topological polar surface area (TPSA) is 25.2 Å². The number of hydrogen-bond acceptors (Lipinski definition) is 3. The molecule has 2 aliphatic rings. The van der Waals surface area contributed by atoms with Crippen LogP contribution in [0.3, 0.4) is 0 Å². The van der Waals surface area contributed by atoms with Gasteiger partial charge in [0.1, 0.15) is 0 Å². The van der Waals surface area contributed by atoms with Crippen LogP contribution in [0.25, 0.3) is 10.2 Å². The molecule has 3 nitrogen and oxygen atoms in total. The zero-order valence-electron chi connectivity index (χ0n) is 15.6. The summed E-state index contributed by atoms with van der Waals surface area (Å²) in [5.74, 6) is 0.725. The number of aromatic nitrogens is 1. The molecule has 2 saturated heterocycles. The number of benzene rings is 2. The molecule has 0 aliphatic carbocycles. The van der Waals surface area contributed by atoms with Gasteiger partial charge in [-0.2, -0.15) is 0 Å². The highest BCUT2D eigenvalue weighted by molar-refractivity contribution is 7.16. The van der Waals surface area contributed by atoms with E-state index < -0.39 is 0 Å². The van der Waals surface area contributed by atoms with Crippen LogP contribution in [0.4, 0.5) is 0 Å². The van der Waals surface area contributed by atoms with Crippen LogP contribution in [0.2, 0.25) is 0 Å². The zero-order valence-corrected chi connectivity index (χ0v) is 16.4. The van der Waals surface area contributed by atoms with Crippen LogP contribution in [-0.4, -0.2) is 28.1 Å². The van der Waals surface area contributed by atoms with Crippen LogP contribution >= 0.6 is 11.3 Å². The monoisotopic (exact) mass is 378 g/mol. The van der Waals surface area contributed by atoms with Gasteiger partial charge in [0, 0.05) is 25.2 Å². The third-order valence-electron chi connectivity index (χ3n) is 6.53. The average molecular weight is 379 g/mol. The lowest BCUT2D eigenvalue weighted by molar-refractivity contribution is 0.123. The molecule has 27 heavy (non-hydrogen) atoms. The molecule has 0 radical (unpaired) electrons. The van der Waals surface area contributed by atoms with E-state index in [1.165, 1.54) is 42.6 Å². The summed E-state index contributed by atoms with van der Waals surface area (Å²) in [7, 11) is 0. The summed E-state index contributed by atoms with van der Waals surface area (Å²) in [6.45, 7) is 1.95. The van der Waals surface area contributed by atoms with Gasteiger partial charge in [-0.1, -0.05) is 53.8 Å². The molecule has 2 fully saturated rings. The summed E-state index contributed by atoms with van der Waals surface area (Å²) in [5.41, 5.74) is 2.61. The van der Waals surface area contributed by atoms with E-state index in [0.29, 0.717) is 0 Å². The van der Waals surface area contributed by atoms with Crippen LogP contribution in [-0.2, 0) is 6.54 Å². The van der Waals surface area contributed by atoms with E-state index in [9.17, 15) is 4.79 Å². The van der Waals surface area contributed by atoms with Gasteiger partial charge in [0.25, 0.3) is 0 Å². The second kappa shape index (κ2) is 7.25. The quantitative estimate of drug-likeness (QED) is 0.633. The van der Waals surface area contributed by atoms with Gasteiger partial charge in [-0.3, -0.25) is 14.3 Å². The summed E-state index contributed by atoms with van der Waals surface area (Å²) < 4.78 is 3.07. The van der Waals surface area contributed by atoms with Crippen molar-refractivity contribution in [2.24, 2.45) is 0 Å². The third-order valence-corrected chi connectivity index (χ3v) is 7.49. The molecule has 1 aromatic heterocycles. The number of rotatable bonds is 5. The average Bonchev–Trinajstić information content (AvgIpc) is 3.13. The fourth-order valence-electron chi connectivity index (χ4n) is 5.27. The van der Waals surface area contributed by atoms with Crippen LogP contribution < -0.4 is 4.87 Å². The molecule has 2 atom stereocenters. The Hall–Kier alpha value is -1.91. The van der Waals surface area contributed by atoms with E-state index in [1.54, 1.807) is 0 Å². The van der Waals surface area contributed by atoms with Crippen LogP contribution in [0.1, 0.15) is 43.6 Å². The fraction of sp³-hybridized carbons (Fsp3) is 0.435. The minimum atomic E-state index is 0.182. The summed E-state index contributed by atoms with van der Waals surface area (Å²) in [6, 6.07) is 20.7. The van der Waals surface area contributed by atoms with E-state index in [0.717, 1.165) is 47.7 Å². The van der Waals surface area contributed by atoms with E-state index in [4.69, 9.17) is 0 Å². The maximum Gasteiger partial charge on any atom is 0.308 e. The molecule has 3 aromatic rings. The maximum atomic E-state index is 12.3. The van der Waals surface area contributed by atoms with E-state index in [1.807, 2.05) is 22.8 Å². The van der Waals surface area contributed by atoms with Crippen LogP contribution in [0, 0.1) is 0 Å². The first-order chi connectivity index (χ1) is 13.3. The summed E-state index contributed by atoms with van der Waals surface area (Å²) >= 11 is 1.37. The molecule has 0 saturated carbocycles.